The molecule has 1 rings (SSSR count). The third-order valence-electron chi connectivity index (χ3n) is 1.88. The first-order valence-electron chi connectivity index (χ1n) is 4.84. The van der Waals surface area contributed by atoms with E-state index in [4.69, 9.17) is 9.15 Å². The molecule has 78 valence electrons. The van der Waals surface area contributed by atoms with E-state index in [2.05, 4.69) is 13.8 Å². The van der Waals surface area contributed by atoms with Crippen molar-refractivity contribution in [1.82, 2.24) is 0 Å². The van der Waals surface area contributed by atoms with E-state index in [-0.39, 0.29) is 0 Å². The molecule has 0 spiro atoms. The number of aldehydes is 1. The minimum atomic E-state index is 0.354. The van der Waals surface area contributed by atoms with Crippen LogP contribution in [0.2, 0.25) is 0 Å². The molecule has 0 aliphatic heterocycles. The monoisotopic (exact) mass is 196 g/mol. The summed E-state index contributed by atoms with van der Waals surface area (Å²) in [4.78, 5) is 10.3. The van der Waals surface area contributed by atoms with Crippen molar-refractivity contribution in [3.05, 3.63) is 23.7 Å². The molecule has 3 heteroatoms. The van der Waals surface area contributed by atoms with E-state index in [1.165, 1.54) is 0 Å². The van der Waals surface area contributed by atoms with E-state index in [9.17, 15) is 4.79 Å². The van der Waals surface area contributed by atoms with Gasteiger partial charge in [0.15, 0.2) is 12.0 Å². The summed E-state index contributed by atoms with van der Waals surface area (Å²) in [7, 11) is 0. The van der Waals surface area contributed by atoms with Crippen LogP contribution in [0.25, 0.3) is 0 Å². The number of carbonyl (C=O) groups excluding carboxylic acids is 1. The van der Waals surface area contributed by atoms with Crippen molar-refractivity contribution in [3.63, 3.8) is 0 Å². The summed E-state index contributed by atoms with van der Waals surface area (Å²) in [6.45, 7) is 5.48. The highest BCUT2D eigenvalue weighted by molar-refractivity contribution is 5.70. The molecule has 0 aliphatic carbocycles. The van der Waals surface area contributed by atoms with Gasteiger partial charge in [-0.1, -0.05) is 13.8 Å². The first kappa shape index (κ1) is 11.0. The lowest BCUT2D eigenvalue weighted by atomic mass is 10.1. The Balaban J connectivity index is 2.21. The lowest BCUT2D eigenvalue weighted by molar-refractivity contribution is 0.0944. The number of rotatable bonds is 6. The molecule has 0 aromatic carbocycles. The zero-order valence-corrected chi connectivity index (χ0v) is 8.66. The zero-order chi connectivity index (χ0) is 10.4. The normalized spacial score (nSPS) is 10.8. The van der Waals surface area contributed by atoms with Gasteiger partial charge >= 0.3 is 0 Å². The summed E-state index contributed by atoms with van der Waals surface area (Å²) in [5, 5.41) is 0. The quantitative estimate of drug-likeness (QED) is 0.518. The Kier molecular flexibility index (Phi) is 4.40. The van der Waals surface area contributed by atoms with Crippen LogP contribution in [0.5, 0.6) is 0 Å². The summed E-state index contributed by atoms with van der Waals surface area (Å²) < 4.78 is 10.5. The average Bonchev–Trinajstić information content (AvgIpc) is 2.60. The molecule has 0 atom stereocenters. The van der Waals surface area contributed by atoms with Gasteiger partial charge in [-0.25, -0.2) is 0 Å². The minimum Gasteiger partial charge on any atom is -0.456 e. The van der Waals surface area contributed by atoms with Gasteiger partial charge in [-0.05, 0) is 24.5 Å². The van der Waals surface area contributed by atoms with Gasteiger partial charge in [-0.2, -0.15) is 0 Å². The summed E-state index contributed by atoms with van der Waals surface area (Å²) in [6.07, 6.45) is 1.73. The molecule has 0 aliphatic rings. The molecular formula is C11H16O3. The molecule has 0 fully saturated rings. The van der Waals surface area contributed by atoms with Crippen molar-refractivity contribution in [2.45, 2.75) is 26.9 Å². The van der Waals surface area contributed by atoms with Gasteiger partial charge in [0.2, 0.25) is 0 Å². The summed E-state index contributed by atoms with van der Waals surface area (Å²) >= 11 is 0. The van der Waals surface area contributed by atoms with E-state index >= 15 is 0 Å². The largest absolute Gasteiger partial charge is 0.456 e. The maximum atomic E-state index is 10.3. The Hall–Kier alpha value is -1.09. The van der Waals surface area contributed by atoms with Crippen LogP contribution in [0.4, 0.5) is 0 Å². The summed E-state index contributed by atoms with van der Waals surface area (Å²) in [6, 6.07) is 3.41. The first-order valence-corrected chi connectivity index (χ1v) is 4.84. The van der Waals surface area contributed by atoms with Gasteiger partial charge in [0.25, 0.3) is 0 Å². The van der Waals surface area contributed by atoms with Crippen LogP contribution >= 0.6 is 0 Å². The lowest BCUT2D eigenvalue weighted by Crippen LogP contribution is -1.98. The van der Waals surface area contributed by atoms with Gasteiger partial charge in [0.1, 0.15) is 12.4 Å². The maximum Gasteiger partial charge on any atom is 0.185 e. The van der Waals surface area contributed by atoms with Crippen molar-refractivity contribution in [3.8, 4) is 0 Å². The molecule has 14 heavy (non-hydrogen) atoms. The molecule has 0 radical (unpaired) electrons. The van der Waals surface area contributed by atoms with E-state index in [1.807, 2.05) is 0 Å². The predicted molar refractivity (Wildman–Crippen MR) is 53.2 cm³/mol. The van der Waals surface area contributed by atoms with Gasteiger partial charge in [0, 0.05) is 6.61 Å². The van der Waals surface area contributed by atoms with Crippen LogP contribution in [-0.2, 0) is 11.3 Å². The third kappa shape index (κ3) is 3.75. The van der Waals surface area contributed by atoms with Gasteiger partial charge in [-0.15, -0.1) is 0 Å². The highest BCUT2D eigenvalue weighted by atomic mass is 16.5. The van der Waals surface area contributed by atoms with Crippen LogP contribution in [0, 0.1) is 5.92 Å². The molecular weight excluding hydrogens is 180 g/mol. The van der Waals surface area contributed by atoms with Crippen LogP contribution < -0.4 is 0 Å². The maximum absolute atomic E-state index is 10.3. The number of hydrogen-bond acceptors (Lipinski definition) is 3. The molecule has 0 bridgehead atoms. The molecule has 0 saturated heterocycles. The minimum absolute atomic E-state index is 0.354. The van der Waals surface area contributed by atoms with Crippen molar-refractivity contribution in [2.24, 2.45) is 5.92 Å². The summed E-state index contributed by atoms with van der Waals surface area (Å²) in [5.41, 5.74) is 0. The van der Waals surface area contributed by atoms with Crippen LogP contribution in [0.15, 0.2) is 16.5 Å². The van der Waals surface area contributed by atoms with Gasteiger partial charge in [0.05, 0.1) is 0 Å². The fraction of sp³-hybridized carbons (Fsp3) is 0.545. The zero-order valence-electron chi connectivity index (χ0n) is 8.66. The molecule has 1 heterocycles. The number of ether oxygens (including phenoxy) is 1. The Morgan fingerprint density at radius 1 is 1.50 bits per heavy atom. The molecule has 0 unspecified atom stereocenters. The first-order chi connectivity index (χ1) is 6.72. The second-order valence-corrected chi connectivity index (χ2v) is 3.66. The second kappa shape index (κ2) is 5.60. The Morgan fingerprint density at radius 3 is 2.86 bits per heavy atom. The predicted octanol–water partition coefficient (Wildman–Crippen LogP) is 2.65. The molecule has 0 amide bonds. The number of hydrogen-bond donors (Lipinski definition) is 0. The fourth-order valence-electron chi connectivity index (χ4n) is 1.03. The Labute approximate surface area is 84.1 Å². The second-order valence-electron chi connectivity index (χ2n) is 3.66. The standard InChI is InChI=1S/C11H16O3/c1-9(2)5-6-13-8-11-4-3-10(7-12)14-11/h3-4,7,9H,5-6,8H2,1-2H3. The van der Waals surface area contributed by atoms with Crippen molar-refractivity contribution >= 4 is 6.29 Å². The van der Waals surface area contributed by atoms with E-state index in [0.717, 1.165) is 13.0 Å². The van der Waals surface area contributed by atoms with Crippen LogP contribution in [0.3, 0.4) is 0 Å². The lowest BCUT2D eigenvalue weighted by Gasteiger charge is -2.04. The number of furan rings is 1. The molecule has 1 aromatic rings. The highest BCUT2D eigenvalue weighted by Crippen LogP contribution is 2.08. The van der Waals surface area contributed by atoms with E-state index in [1.54, 1.807) is 12.1 Å². The third-order valence-corrected chi connectivity index (χ3v) is 1.88. The molecule has 0 N–H and O–H groups in total. The topological polar surface area (TPSA) is 39.4 Å². The molecule has 0 saturated carbocycles. The summed E-state index contributed by atoms with van der Waals surface area (Å²) in [5.74, 6) is 1.71. The van der Waals surface area contributed by atoms with Gasteiger partial charge < -0.3 is 9.15 Å². The van der Waals surface area contributed by atoms with Crippen LogP contribution in [0.1, 0.15) is 36.6 Å². The number of carbonyl (C=O) groups is 1. The van der Waals surface area contributed by atoms with Gasteiger partial charge in [-0.3, -0.25) is 4.79 Å². The van der Waals surface area contributed by atoms with Crippen molar-refractivity contribution < 1.29 is 13.9 Å². The smallest absolute Gasteiger partial charge is 0.185 e. The Bertz CT molecular complexity index is 276. The Morgan fingerprint density at radius 2 is 2.29 bits per heavy atom. The van der Waals surface area contributed by atoms with E-state index in [0.29, 0.717) is 30.3 Å². The van der Waals surface area contributed by atoms with E-state index < -0.39 is 0 Å². The van der Waals surface area contributed by atoms with Crippen LogP contribution in [-0.4, -0.2) is 12.9 Å². The highest BCUT2D eigenvalue weighted by Gasteiger charge is 2.01. The van der Waals surface area contributed by atoms with Crippen molar-refractivity contribution in [2.75, 3.05) is 6.61 Å². The fourth-order valence-corrected chi connectivity index (χ4v) is 1.03. The average molecular weight is 196 g/mol. The molecule has 3 nitrogen and oxygen atoms in total. The molecule has 1 aromatic heterocycles. The van der Waals surface area contributed by atoms with Crippen molar-refractivity contribution in [1.29, 1.82) is 0 Å². The SMILES string of the molecule is CC(C)CCOCc1ccc(C=O)o1.